The Bertz CT molecular complexity index is 979. The smallest absolute Gasteiger partial charge is 0.268 e. The number of aromatic nitrogens is 6. The van der Waals surface area contributed by atoms with Gasteiger partial charge in [-0.3, -0.25) is 0 Å². The first-order chi connectivity index (χ1) is 11.8. The van der Waals surface area contributed by atoms with E-state index in [0.717, 1.165) is 32.2 Å². The van der Waals surface area contributed by atoms with E-state index in [1.54, 1.807) is 17.7 Å². The minimum absolute atomic E-state index is 0.376. The van der Waals surface area contributed by atoms with Crippen molar-refractivity contribution in [2.75, 3.05) is 5.32 Å². The molecule has 0 aliphatic heterocycles. The van der Waals surface area contributed by atoms with E-state index in [2.05, 4.69) is 70.9 Å². The molecule has 3 heterocycles. The van der Waals surface area contributed by atoms with E-state index in [1.807, 2.05) is 12.1 Å². The van der Waals surface area contributed by atoms with Crippen LogP contribution in [-0.2, 0) is 6.42 Å². The maximum Gasteiger partial charge on any atom is 0.268 e. The first kappa shape index (κ1) is 15.2. The van der Waals surface area contributed by atoms with Gasteiger partial charge in [-0.15, -0.1) is 16.4 Å². The summed E-state index contributed by atoms with van der Waals surface area (Å²) in [6.45, 7) is 2.15. The van der Waals surface area contributed by atoms with Crippen LogP contribution in [-0.4, -0.2) is 30.6 Å². The summed E-state index contributed by atoms with van der Waals surface area (Å²) in [6.07, 6.45) is 2.47. The molecule has 9 heteroatoms. The number of hydrogen-bond acceptors (Lipinski definition) is 7. The fraction of sp³-hybridized carbons (Fsp3) is 0.133. The molecular formula is C15H12BrN7S. The topological polar surface area (TPSA) is 92.3 Å². The molecule has 3 aromatic heterocycles. The molecule has 0 aliphatic rings. The molecule has 2 N–H and O–H groups in total. The summed E-state index contributed by atoms with van der Waals surface area (Å²) in [7, 11) is 0. The molecule has 0 amide bonds. The van der Waals surface area contributed by atoms with Gasteiger partial charge >= 0.3 is 0 Å². The van der Waals surface area contributed by atoms with Gasteiger partial charge in [0.25, 0.3) is 5.95 Å². The van der Waals surface area contributed by atoms with Crippen molar-refractivity contribution in [3.05, 3.63) is 39.9 Å². The normalized spacial score (nSPS) is 11.1. The summed E-state index contributed by atoms with van der Waals surface area (Å²) in [5.74, 6) is 1.05. The van der Waals surface area contributed by atoms with Crippen molar-refractivity contribution in [1.29, 1.82) is 0 Å². The maximum absolute atomic E-state index is 4.44. The van der Waals surface area contributed by atoms with Gasteiger partial charge in [0, 0.05) is 14.9 Å². The van der Waals surface area contributed by atoms with E-state index in [0.29, 0.717) is 11.8 Å². The number of thiophene rings is 1. The number of halogens is 1. The van der Waals surface area contributed by atoms with Crippen molar-refractivity contribution < 1.29 is 0 Å². The minimum atomic E-state index is 0.376. The van der Waals surface area contributed by atoms with Gasteiger partial charge in [0.05, 0.1) is 5.39 Å². The largest absolute Gasteiger partial charge is 0.305 e. The predicted molar refractivity (Wildman–Crippen MR) is 97.4 cm³/mol. The van der Waals surface area contributed by atoms with Gasteiger partial charge < -0.3 is 5.32 Å². The summed E-state index contributed by atoms with van der Waals surface area (Å²) in [4.78, 5) is 11.0. The molecule has 0 saturated carbocycles. The molecule has 1 aromatic carbocycles. The van der Waals surface area contributed by atoms with Crippen molar-refractivity contribution in [3.63, 3.8) is 0 Å². The lowest BCUT2D eigenvalue weighted by atomic mass is 10.0. The van der Waals surface area contributed by atoms with Crippen LogP contribution in [0, 0.1) is 0 Å². The second-order valence-electron chi connectivity index (χ2n) is 5.02. The second-order valence-corrected chi connectivity index (χ2v) is 7.02. The van der Waals surface area contributed by atoms with E-state index in [1.165, 1.54) is 4.88 Å². The van der Waals surface area contributed by atoms with E-state index < -0.39 is 0 Å². The van der Waals surface area contributed by atoms with Crippen molar-refractivity contribution in [3.8, 4) is 11.1 Å². The van der Waals surface area contributed by atoms with Crippen molar-refractivity contribution in [2.45, 2.75) is 13.3 Å². The number of fused-ring (bicyclic) bond motifs is 1. The molecular weight excluding hydrogens is 390 g/mol. The standard InChI is InChI=1S/C15H12BrN7S/c1-2-10-11(8-3-5-9(16)6-4-8)12-13(17-7-18-14(12)24-10)19-15-20-22-23-21-15/h3-7H,2H2,1H3,(H2,17,18,19,20,21,22,23). The van der Waals surface area contributed by atoms with Crippen molar-refractivity contribution in [2.24, 2.45) is 0 Å². The van der Waals surface area contributed by atoms with Gasteiger partial charge in [0.1, 0.15) is 17.0 Å². The number of nitrogens with one attached hydrogen (secondary N) is 2. The number of tetrazole rings is 1. The Balaban J connectivity index is 1.94. The lowest BCUT2D eigenvalue weighted by molar-refractivity contribution is 0.881. The summed E-state index contributed by atoms with van der Waals surface area (Å²) in [5, 5.41) is 18.0. The van der Waals surface area contributed by atoms with Crippen LogP contribution in [0.5, 0.6) is 0 Å². The monoisotopic (exact) mass is 401 g/mol. The van der Waals surface area contributed by atoms with E-state index in [-0.39, 0.29) is 0 Å². The van der Waals surface area contributed by atoms with Crippen LogP contribution >= 0.6 is 27.3 Å². The molecule has 0 unspecified atom stereocenters. The Morgan fingerprint density at radius 1 is 1.21 bits per heavy atom. The Hall–Kier alpha value is -2.39. The number of H-pyrrole nitrogens is 1. The third-order valence-electron chi connectivity index (χ3n) is 3.59. The third-order valence-corrected chi connectivity index (χ3v) is 5.36. The van der Waals surface area contributed by atoms with Gasteiger partial charge in [-0.2, -0.15) is 5.21 Å². The number of nitrogens with zero attached hydrogens (tertiary/aromatic N) is 5. The molecule has 120 valence electrons. The molecule has 0 spiro atoms. The van der Waals surface area contributed by atoms with Gasteiger partial charge in [-0.05, 0) is 29.3 Å². The number of anilines is 2. The summed E-state index contributed by atoms with van der Waals surface area (Å²) < 4.78 is 1.05. The maximum atomic E-state index is 4.44. The zero-order valence-corrected chi connectivity index (χ0v) is 15.0. The number of aryl methyl sites for hydroxylation is 1. The van der Waals surface area contributed by atoms with Crippen LogP contribution in [0.1, 0.15) is 11.8 Å². The number of rotatable bonds is 4. The van der Waals surface area contributed by atoms with Crippen LogP contribution in [0.4, 0.5) is 11.8 Å². The van der Waals surface area contributed by atoms with Crippen LogP contribution in [0.15, 0.2) is 35.1 Å². The van der Waals surface area contributed by atoms with Crippen LogP contribution in [0.3, 0.4) is 0 Å². The number of benzene rings is 1. The first-order valence-corrected chi connectivity index (χ1v) is 8.90. The van der Waals surface area contributed by atoms with Gasteiger partial charge in [-0.25, -0.2) is 9.97 Å². The Morgan fingerprint density at radius 2 is 2.04 bits per heavy atom. The van der Waals surface area contributed by atoms with Gasteiger partial charge in [0.2, 0.25) is 0 Å². The fourth-order valence-electron chi connectivity index (χ4n) is 2.57. The Morgan fingerprint density at radius 3 is 2.75 bits per heavy atom. The average molecular weight is 402 g/mol. The van der Waals surface area contributed by atoms with Crippen LogP contribution in [0.25, 0.3) is 21.3 Å². The molecule has 0 atom stereocenters. The molecule has 4 aromatic rings. The summed E-state index contributed by atoms with van der Waals surface area (Å²) in [6, 6.07) is 8.26. The zero-order chi connectivity index (χ0) is 16.5. The Kier molecular flexibility index (Phi) is 3.95. The summed E-state index contributed by atoms with van der Waals surface area (Å²) in [5.41, 5.74) is 2.28. The summed E-state index contributed by atoms with van der Waals surface area (Å²) >= 11 is 5.17. The lowest BCUT2D eigenvalue weighted by Crippen LogP contribution is -1.97. The molecule has 0 fully saturated rings. The minimum Gasteiger partial charge on any atom is -0.305 e. The van der Waals surface area contributed by atoms with Gasteiger partial charge in [-0.1, -0.05) is 40.1 Å². The molecule has 0 saturated heterocycles. The highest BCUT2D eigenvalue weighted by molar-refractivity contribution is 9.10. The highest BCUT2D eigenvalue weighted by atomic mass is 79.9. The quantitative estimate of drug-likeness (QED) is 0.537. The molecule has 0 radical (unpaired) electrons. The van der Waals surface area contributed by atoms with Crippen molar-refractivity contribution in [1.82, 2.24) is 30.6 Å². The van der Waals surface area contributed by atoms with E-state index >= 15 is 0 Å². The van der Waals surface area contributed by atoms with Crippen molar-refractivity contribution >= 4 is 49.2 Å². The zero-order valence-electron chi connectivity index (χ0n) is 12.6. The van der Waals surface area contributed by atoms with E-state index in [9.17, 15) is 0 Å². The molecule has 4 rings (SSSR count). The lowest BCUT2D eigenvalue weighted by Gasteiger charge is -2.07. The van der Waals surface area contributed by atoms with Crippen LogP contribution < -0.4 is 5.32 Å². The third kappa shape index (κ3) is 2.65. The first-order valence-electron chi connectivity index (χ1n) is 7.29. The fourth-order valence-corrected chi connectivity index (χ4v) is 3.93. The Labute approximate surface area is 149 Å². The van der Waals surface area contributed by atoms with E-state index in [4.69, 9.17) is 0 Å². The molecule has 7 nitrogen and oxygen atoms in total. The highest BCUT2D eigenvalue weighted by Gasteiger charge is 2.18. The molecule has 0 aliphatic carbocycles. The average Bonchev–Trinajstić information content (AvgIpc) is 3.23. The highest BCUT2D eigenvalue weighted by Crippen LogP contribution is 2.41. The number of hydrogen-bond donors (Lipinski definition) is 2. The second kappa shape index (κ2) is 6.25. The molecule has 24 heavy (non-hydrogen) atoms. The predicted octanol–water partition coefficient (Wildman–Crippen LogP) is 3.94. The van der Waals surface area contributed by atoms with Crippen LogP contribution in [0.2, 0.25) is 0 Å². The molecule has 0 bridgehead atoms. The number of aromatic amines is 1. The van der Waals surface area contributed by atoms with Gasteiger partial charge in [0.15, 0.2) is 0 Å². The SMILES string of the molecule is CCc1sc2ncnc(Nc3nn[nH]n3)c2c1-c1ccc(Br)cc1.